The van der Waals surface area contributed by atoms with Crippen molar-refractivity contribution in [3.05, 3.63) is 23.8 Å². The number of nitrogens with one attached hydrogen (secondary N) is 1. The van der Waals surface area contributed by atoms with Crippen LogP contribution in [0, 0.1) is 5.92 Å². The Kier molecular flexibility index (Phi) is 7.64. The third-order valence-electron chi connectivity index (χ3n) is 4.86. The van der Waals surface area contributed by atoms with Gasteiger partial charge in [0.1, 0.15) is 10.6 Å². The molecule has 2 N–H and O–H groups in total. The van der Waals surface area contributed by atoms with Crippen molar-refractivity contribution in [3.8, 4) is 5.75 Å². The Balaban J connectivity index is 2.23. The number of aliphatic hydroxyl groups excluding tert-OH is 1. The maximum atomic E-state index is 13.3. The zero-order valence-electron chi connectivity index (χ0n) is 16.3. The molecular formula is C19H30N2O5S. The molecule has 1 aromatic carbocycles. The van der Waals surface area contributed by atoms with Crippen LogP contribution < -0.4 is 10.1 Å². The fourth-order valence-electron chi connectivity index (χ4n) is 3.20. The molecule has 0 spiro atoms. The van der Waals surface area contributed by atoms with Crippen LogP contribution >= 0.6 is 0 Å². The zero-order chi connectivity index (χ0) is 20.0. The van der Waals surface area contributed by atoms with E-state index in [9.17, 15) is 13.2 Å². The lowest BCUT2D eigenvalue weighted by Crippen LogP contribution is -2.45. The van der Waals surface area contributed by atoms with Crippen LogP contribution in [0.15, 0.2) is 23.1 Å². The van der Waals surface area contributed by atoms with E-state index in [0.29, 0.717) is 38.1 Å². The summed E-state index contributed by atoms with van der Waals surface area (Å²) in [5.41, 5.74) is 0.921. The van der Waals surface area contributed by atoms with Gasteiger partial charge in [-0.05, 0) is 42.9 Å². The number of ether oxygens (including phenoxy) is 1. The number of aliphatic hydroxyl groups is 1. The Morgan fingerprint density at radius 2 is 2.15 bits per heavy atom. The Labute approximate surface area is 161 Å². The van der Waals surface area contributed by atoms with Crippen molar-refractivity contribution in [1.82, 2.24) is 9.62 Å². The summed E-state index contributed by atoms with van der Waals surface area (Å²) in [6.45, 7) is 4.96. The molecule has 1 aliphatic rings. The quantitative estimate of drug-likeness (QED) is 0.650. The van der Waals surface area contributed by atoms with Gasteiger partial charge in [-0.25, -0.2) is 8.42 Å². The van der Waals surface area contributed by atoms with E-state index in [4.69, 9.17) is 9.84 Å². The SMILES string of the molecule is COc1ccc(C(C)C)cc1S(=O)(=O)N1CCC[C@@H](C(=O)NCCCO)C1. The standard InChI is InChI=1S/C19H30N2O5S/c1-14(2)15-7-8-17(26-3)18(12-15)27(24,25)21-10-4-6-16(13-21)19(23)20-9-5-11-22/h7-8,12,14,16,22H,4-6,9-11,13H2,1-3H3,(H,20,23)/t16-/m1/s1. The van der Waals surface area contributed by atoms with Gasteiger partial charge in [0.05, 0.1) is 13.0 Å². The number of rotatable bonds is 8. The fraction of sp³-hybridized carbons (Fsp3) is 0.632. The number of benzene rings is 1. The Hall–Kier alpha value is -1.64. The van der Waals surface area contributed by atoms with Gasteiger partial charge in [-0.15, -0.1) is 0 Å². The summed E-state index contributed by atoms with van der Waals surface area (Å²) in [6.07, 6.45) is 1.77. The minimum Gasteiger partial charge on any atom is -0.495 e. The number of sulfonamides is 1. The molecule has 1 aromatic rings. The van der Waals surface area contributed by atoms with Gasteiger partial charge in [-0.1, -0.05) is 19.9 Å². The topological polar surface area (TPSA) is 95.9 Å². The summed E-state index contributed by atoms with van der Waals surface area (Å²) in [5.74, 6) is -0.0390. The van der Waals surface area contributed by atoms with E-state index in [-0.39, 0.29) is 35.8 Å². The first-order chi connectivity index (χ1) is 12.8. The molecule has 1 amide bonds. The zero-order valence-corrected chi connectivity index (χ0v) is 17.1. The maximum absolute atomic E-state index is 13.3. The van der Waals surface area contributed by atoms with E-state index in [1.165, 1.54) is 11.4 Å². The monoisotopic (exact) mass is 398 g/mol. The Morgan fingerprint density at radius 1 is 1.41 bits per heavy atom. The highest BCUT2D eigenvalue weighted by atomic mass is 32.2. The van der Waals surface area contributed by atoms with Gasteiger partial charge < -0.3 is 15.2 Å². The van der Waals surface area contributed by atoms with Gasteiger partial charge >= 0.3 is 0 Å². The van der Waals surface area contributed by atoms with Crippen LogP contribution in [0.4, 0.5) is 0 Å². The van der Waals surface area contributed by atoms with Gasteiger partial charge in [0.25, 0.3) is 0 Å². The molecule has 7 nitrogen and oxygen atoms in total. The summed E-state index contributed by atoms with van der Waals surface area (Å²) in [7, 11) is -2.31. The molecule has 2 rings (SSSR count). The molecule has 0 radical (unpaired) electrons. The molecule has 0 aliphatic carbocycles. The molecule has 1 fully saturated rings. The largest absolute Gasteiger partial charge is 0.495 e. The van der Waals surface area contributed by atoms with E-state index >= 15 is 0 Å². The molecule has 0 aromatic heterocycles. The Morgan fingerprint density at radius 3 is 2.78 bits per heavy atom. The summed E-state index contributed by atoms with van der Waals surface area (Å²) >= 11 is 0. The molecule has 8 heteroatoms. The minimum atomic E-state index is -3.76. The third-order valence-corrected chi connectivity index (χ3v) is 6.75. The molecule has 0 bridgehead atoms. The number of methoxy groups -OCH3 is 1. The minimum absolute atomic E-state index is 0.0113. The summed E-state index contributed by atoms with van der Waals surface area (Å²) in [6, 6.07) is 5.23. The summed E-state index contributed by atoms with van der Waals surface area (Å²) in [5, 5.41) is 11.6. The highest BCUT2D eigenvalue weighted by molar-refractivity contribution is 7.89. The fourth-order valence-corrected chi connectivity index (χ4v) is 4.92. The van der Waals surface area contributed by atoms with E-state index < -0.39 is 10.0 Å². The number of amides is 1. The second-order valence-electron chi connectivity index (χ2n) is 7.14. The normalized spacial score (nSPS) is 18.5. The molecule has 27 heavy (non-hydrogen) atoms. The molecule has 1 saturated heterocycles. The van der Waals surface area contributed by atoms with E-state index in [2.05, 4.69) is 5.32 Å². The smallest absolute Gasteiger partial charge is 0.246 e. The van der Waals surface area contributed by atoms with E-state index in [1.54, 1.807) is 12.1 Å². The predicted octanol–water partition coefficient (Wildman–Crippen LogP) is 1.72. The number of piperidine rings is 1. The number of carbonyl (C=O) groups is 1. The second kappa shape index (κ2) is 9.52. The van der Waals surface area contributed by atoms with Crippen molar-refractivity contribution in [2.24, 2.45) is 5.92 Å². The second-order valence-corrected chi connectivity index (χ2v) is 9.04. The van der Waals surface area contributed by atoms with Gasteiger partial charge in [0.15, 0.2) is 0 Å². The van der Waals surface area contributed by atoms with Crippen LogP contribution in [-0.4, -0.2) is 57.1 Å². The summed E-state index contributed by atoms with van der Waals surface area (Å²) < 4.78 is 33.2. The van der Waals surface area contributed by atoms with Crippen LogP contribution in [-0.2, 0) is 14.8 Å². The number of hydrogen-bond donors (Lipinski definition) is 2. The van der Waals surface area contributed by atoms with Crippen molar-refractivity contribution >= 4 is 15.9 Å². The lowest BCUT2D eigenvalue weighted by atomic mass is 9.99. The lowest BCUT2D eigenvalue weighted by Gasteiger charge is -2.31. The summed E-state index contributed by atoms with van der Waals surface area (Å²) in [4.78, 5) is 12.5. The van der Waals surface area contributed by atoms with Crippen LogP contribution in [0.5, 0.6) is 5.75 Å². The molecule has 0 unspecified atom stereocenters. The van der Waals surface area contributed by atoms with Crippen molar-refractivity contribution in [2.45, 2.75) is 43.9 Å². The van der Waals surface area contributed by atoms with Crippen LogP contribution in [0.25, 0.3) is 0 Å². The van der Waals surface area contributed by atoms with Crippen molar-refractivity contribution in [1.29, 1.82) is 0 Å². The molecule has 152 valence electrons. The number of hydrogen-bond acceptors (Lipinski definition) is 5. The van der Waals surface area contributed by atoms with E-state index in [1.807, 2.05) is 19.9 Å². The van der Waals surface area contributed by atoms with Gasteiger partial charge in [0, 0.05) is 26.2 Å². The predicted molar refractivity (Wildman–Crippen MR) is 103 cm³/mol. The Bertz CT molecular complexity index is 748. The average molecular weight is 399 g/mol. The van der Waals surface area contributed by atoms with Gasteiger partial charge in [-0.3, -0.25) is 4.79 Å². The highest BCUT2D eigenvalue weighted by Gasteiger charge is 2.35. The molecule has 1 atom stereocenters. The number of nitrogens with zero attached hydrogens (tertiary/aromatic N) is 1. The molecule has 1 heterocycles. The first kappa shape index (κ1) is 21.7. The highest BCUT2D eigenvalue weighted by Crippen LogP contribution is 2.32. The molecule has 0 saturated carbocycles. The number of carbonyl (C=O) groups excluding carboxylic acids is 1. The molecular weight excluding hydrogens is 368 g/mol. The van der Waals surface area contributed by atoms with Crippen molar-refractivity contribution in [2.75, 3.05) is 33.4 Å². The first-order valence-electron chi connectivity index (χ1n) is 9.38. The van der Waals surface area contributed by atoms with Gasteiger partial charge in [-0.2, -0.15) is 4.31 Å². The first-order valence-corrected chi connectivity index (χ1v) is 10.8. The lowest BCUT2D eigenvalue weighted by molar-refractivity contribution is -0.126. The average Bonchev–Trinajstić information content (AvgIpc) is 2.67. The van der Waals surface area contributed by atoms with Crippen molar-refractivity contribution < 1.29 is 23.1 Å². The van der Waals surface area contributed by atoms with Crippen LogP contribution in [0.3, 0.4) is 0 Å². The molecule has 1 aliphatic heterocycles. The van der Waals surface area contributed by atoms with Crippen molar-refractivity contribution in [3.63, 3.8) is 0 Å². The van der Waals surface area contributed by atoms with E-state index in [0.717, 1.165) is 5.56 Å². The van der Waals surface area contributed by atoms with Gasteiger partial charge in [0.2, 0.25) is 15.9 Å². The van der Waals surface area contributed by atoms with Crippen LogP contribution in [0.2, 0.25) is 0 Å². The maximum Gasteiger partial charge on any atom is 0.246 e. The van der Waals surface area contributed by atoms with Crippen LogP contribution in [0.1, 0.15) is 44.6 Å². The third kappa shape index (κ3) is 5.21.